The topological polar surface area (TPSA) is 56.2 Å². The number of ether oxygens (including phenoxy) is 1. The number of unbranched alkanes of at least 4 members (excludes halogenated alkanes) is 1. The van der Waals surface area contributed by atoms with Crippen molar-refractivity contribution in [2.24, 2.45) is 0 Å². The molecule has 1 heterocycles. The van der Waals surface area contributed by atoms with Crippen molar-refractivity contribution < 1.29 is 9.53 Å². The van der Waals surface area contributed by atoms with E-state index in [-0.39, 0.29) is 12.5 Å². The summed E-state index contributed by atoms with van der Waals surface area (Å²) in [6, 6.07) is 0. The molecule has 1 aromatic heterocycles. The zero-order valence-corrected chi connectivity index (χ0v) is 9.90. The number of rotatable bonds is 7. The van der Waals surface area contributed by atoms with Crippen LogP contribution in [0.1, 0.15) is 25.5 Å². The minimum absolute atomic E-state index is 0.207. The van der Waals surface area contributed by atoms with Crippen LogP contribution >= 0.6 is 0 Å². The first-order valence-corrected chi connectivity index (χ1v) is 5.57. The summed E-state index contributed by atoms with van der Waals surface area (Å²) >= 11 is 0. The summed E-state index contributed by atoms with van der Waals surface area (Å²) < 4.78 is 6.79. The van der Waals surface area contributed by atoms with Crippen LogP contribution in [-0.2, 0) is 22.6 Å². The zero-order chi connectivity index (χ0) is 11.8. The van der Waals surface area contributed by atoms with Gasteiger partial charge in [-0.15, -0.1) is 0 Å². The van der Waals surface area contributed by atoms with E-state index < -0.39 is 0 Å². The van der Waals surface area contributed by atoms with E-state index in [0.717, 1.165) is 18.5 Å². The fourth-order valence-corrected chi connectivity index (χ4v) is 1.29. The summed E-state index contributed by atoms with van der Waals surface area (Å²) in [7, 11) is 1.86. The number of nitrogens with zero attached hydrogens (tertiary/aromatic N) is 2. The molecule has 0 bridgehead atoms. The molecule has 0 unspecified atom stereocenters. The van der Waals surface area contributed by atoms with Gasteiger partial charge < -0.3 is 14.6 Å². The molecule has 1 N–H and O–H groups in total. The van der Waals surface area contributed by atoms with Gasteiger partial charge in [0, 0.05) is 12.7 Å². The number of imidazole rings is 1. The molecule has 5 heteroatoms. The second kappa shape index (κ2) is 7.00. The average molecular weight is 225 g/mol. The quantitative estimate of drug-likeness (QED) is 0.554. The first-order chi connectivity index (χ1) is 7.76. The fraction of sp³-hybridized carbons (Fsp3) is 0.636. The van der Waals surface area contributed by atoms with Gasteiger partial charge in [-0.3, -0.25) is 4.79 Å². The van der Waals surface area contributed by atoms with Crippen LogP contribution in [-0.4, -0.2) is 29.2 Å². The number of hydrogen-bond donors (Lipinski definition) is 1. The van der Waals surface area contributed by atoms with Crippen LogP contribution in [0.2, 0.25) is 0 Å². The van der Waals surface area contributed by atoms with Crippen LogP contribution in [0.25, 0.3) is 0 Å². The molecule has 0 amide bonds. The Bertz CT molecular complexity index is 323. The van der Waals surface area contributed by atoms with Crippen molar-refractivity contribution in [2.45, 2.75) is 32.9 Å². The Balaban J connectivity index is 2.31. The molecular weight excluding hydrogens is 206 g/mol. The van der Waals surface area contributed by atoms with Crippen LogP contribution in [0.15, 0.2) is 12.5 Å². The normalized spacial score (nSPS) is 10.4. The van der Waals surface area contributed by atoms with Crippen LogP contribution in [0.3, 0.4) is 0 Å². The van der Waals surface area contributed by atoms with E-state index in [4.69, 9.17) is 4.74 Å². The van der Waals surface area contributed by atoms with E-state index in [1.54, 1.807) is 10.9 Å². The van der Waals surface area contributed by atoms with Crippen LogP contribution < -0.4 is 5.32 Å². The number of nitrogens with one attached hydrogen (secondary N) is 1. The Hall–Kier alpha value is -1.36. The number of hydrogen-bond acceptors (Lipinski definition) is 4. The van der Waals surface area contributed by atoms with Crippen molar-refractivity contribution in [1.29, 1.82) is 0 Å². The molecule has 90 valence electrons. The Morgan fingerprint density at radius 2 is 2.44 bits per heavy atom. The van der Waals surface area contributed by atoms with E-state index in [9.17, 15) is 4.79 Å². The Labute approximate surface area is 95.8 Å². The van der Waals surface area contributed by atoms with Gasteiger partial charge in [-0.1, -0.05) is 13.3 Å². The van der Waals surface area contributed by atoms with Gasteiger partial charge in [-0.05, 0) is 13.5 Å². The Kier molecular flexibility index (Phi) is 5.56. The van der Waals surface area contributed by atoms with Crippen molar-refractivity contribution >= 4 is 5.97 Å². The van der Waals surface area contributed by atoms with Crippen molar-refractivity contribution in [3.8, 4) is 0 Å². The highest BCUT2D eigenvalue weighted by Gasteiger charge is 2.04. The highest BCUT2D eigenvalue weighted by molar-refractivity contribution is 5.69. The molecule has 0 saturated carbocycles. The maximum atomic E-state index is 11.4. The second-order valence-corrected chi connectivity index (χ2v) is 3.64. The third-order valence-corrected chi connectivity index (χ3v) is 2.12. The van der Waals surface area contributed by atoms with Crippen molar-refractivity contribution in [3.05, 3.63) is 18.2 Å². The number of aromatic nitrogens is 2. The summed E-state index contributed by atoms with van der Waals surface area (Å²) in [5, 5.41) is 3.00. The van der Waals surface area contributed by atoms with Gasteiger partial charge in [0.15, 0.2) is 0 Å². The van der Waals surface area contributed by atoms with Crippen LogP contribution in [0, 0.1) is 0 Å². The fourth-order valence-electron chi connectivity index (χ4n) is 1.29. The van der Waals surface area contributed by atoms with Gasteiger partial charge in [-0.2, -0.15) is 0 Å². The van der Waals surface area contributed by atoms with Gasteiger partial charge in [0.05, 0.1) is 18.6 Å². The number of esters is 1. The standard InChI is InChI=1S/C11H19N3O2/c1-3-4-5-16-11(15)8-14-7-10(6-12-2)13-9-14/h7,9,12H,3-6,8H2,1-2H3. The predicted octanol–water partition coefficient (Wildman–Crippen LogP) is 0.946. The molecule has 0 aliphatic heterocycles. The molecule has 0 aliphatic carbocycles. The summed E-state index contributed by atoms with van der Waals surface area (Å²) in [5.74, 6) is -0.207. The minimum Gasteiger partial charge on any atom is -0.464 e. The number of carbonyl (C=O) groups is 1. The van der Waals surface area contributed by atoms with Crippen LogP contribution in [0.4, 0.5) is 0 Å². The molecule has 16 heavy (non-hydrogen) atoms. The van der Waals surface area contributed by atoms with Gasteiger partial charge >= 0.3 is 5.97 Å². The third kappa shape index (κ3) is 4.44. The highest BCUT2D eigenvalue weighted by Crippen LogP contribution is 1.97. The highest BCUT2D eigenvalue weighted by atomic mass is 16.5. The van der Waals surface area contributed by atoms with Gasteiger partial charge in [0.25, 0.3) is 0 Å². The lowest BCUT2D eigenvalue weighted by atomic mass is 10.4. The molecule has 0 aromatic carbocycles. The largest absolute Gasteiger partial charge is 0.464 e. The monoisotopic (exact) mass is 225 g/mol. The van der Waals surface area contributed by atoms with Crippen molar-refractivity contribution in [2.75, 3.05) is 13.7 Å². The molecule has 0 aliphatic rings. The maximum absolute atomic E-state index is 11.4. The van der Waals surface area contributed by atoms with E-state index in [2.05, 4.69) is 17.2 Å². The van der Waals surface area contributed by atoms with Gasteiger partial charge in [-0.25, -0.2) is 4.98 Å². The predicted molar refractivity (Wildman–Crippen MR) is 60.9 cm³/mol. The second-order valence-electron chi connectivity index (χ2n) is 3.64. The number of carbonyl (C=O) groups excluding carboxylic acids is 1. The van der Waals surface area contributed by atoms with Crippen molar-refractivity contribution in [3.63, 3.8) is 0 Å². The van der Waals surface area contributed by atoms with Crippen LogP contribution in [0.5, 0.6) is 0 Å². The summed E-state index contributed by atoms with van der Waals surface area (Å²) in [6.07, 6.45) is 5.44. The maximum Gasteiger partial charge on any atom is 0.325 e. The average Bonchev–Trinajstić information content (AvgIpc) is 2.66. The summed E-state index contributed by atoms with van der Waals surface area (Å²) in [6.45, 7) is 3.51. The van der Waals surface area contributed by atoms with Gasteiger partial charge in [0.2, 0.25) is 0 Å². The van der Waals surface area contributed by atoms with E-state index in [1.807, 2.05) is 13.2 Å². The van der Waals surface area contributed by atoms with E-state index in [1.165, 1.54) is 0 Å². The molecule has 0 fully saturated rings. The molecule has 0 saturated heterocycles. The summed E-state index contributed by atoms with van der Waals surface area (Å²) in [4.78, 5) is 15.5. The smallest absolute Gasteiger partial charge is 0.325 e. The lowest BCUT2D eigenvalue weighted by Crippen LogP contribution is -2.13. The zero-order valence-electron chi connectivity index (χ0n) is 9.90. The van der Waals surface area contributed by atoms with E-state index >= 15 is 0 Å². The SMILES string of the molecule is CCCCOC(=O)Cn1cnc(CNC)c1. The molecule has 1 aromatic rings. The third-order valence-electron chi connectivity index (χ3n) is 2.12. The molecular formula is C11H19N3O2. The molecule has 0 spiro atoms. The lowest BCUT2D eigenvalue weighted by molar-refractivity contribution is -0.144. The first kappa shape index (κ1) is 12.7. The molecule has 0 atom stereocenters. The first-order valence-electron chi connectivity index (χ1n) is 5.57. The van der Waals surface area contributed by atoms with E-state index in [0.29, 0.717) is 13.2 Å². The molecule has 5 nitrogen and oxygen atoms in total. The Morgan fingerprint density at radius 1 is 1.62 bits per heavy atom. The van der Waals surface area contributed by atoms with Gasteiger partial charge in [0.1, 0.15) is 6.54 Å². The molecule has 1 rings (SSSR count). The minimum atomic E-state index is -0.207. The van der Waals surface area contributed by atoms with Crippen molar-refractivity contribution in [1.82, 2.24) is 14.9 Å². The lowest BCUT2D eigenvalue weighted by Gasteiger charge is -2.03. The summed E-state index contributed by atoms with van der Waals surface area (Å²) in [5.41, 5.74) is 0.920. The Morgan fingerprint density at radius 3 is 3.12 bits per heavy atom. The molecule has 0 radical (unpaired) electrons.